The maximum absolute atomic E-state index is 12.5. The number of piperazine rings is 1. The van der Waals surface area contributed by atoms with Crippen LogP contribution in [0.5, 0.6) is 0 Å². The van der Waals surface area contributed by atoms with E-state index in [9.17, 15) is 4.79 Å². The quantitative estimate of drug-likeness (QED) is 0.872. The van der Waals surface area contributed by atoms with Gasteiger partial charge in [0.15, 0.2) is 0 Å². The molecule has 0 spiro atoms. The molecule has 1 saturated heterocycles. The van der Waals surface area contributed by atoms with E-state index in [1.807, 2.05) is 12.1 Å². The van der Waals surface area contributed by atoms with Gasteiger partial charge in [-0.1, -0.05) is 19.3 Å². The number of nitrogens with two attached hydrogens (primary N) is 1. The Morgan fingerprint density at radius 3 is 2.48 bits per heavy atom. The van der Waals surface area contributed by atoms with Crippen molar-refractivity contribution in [2.24, 2.45) is 5.92 Å². The molecule has 1 saturated carbocycles. The lowest BCUT2D eigenvalue weighted by atomic mass is 9.86. The van der Waals surface area contributed by atoms with Crippen molar-refractivity contribution in [1.29, 1.82) is 0 Å². The molecule has 4 nitrogen and oxygen atoms in total. The van der Waals surface area contributed by atoms with E-state index in [1.165, 1.54) is 43.4 Å². The van der Waals surface area contributed by atoms with Crippen molar-refractivity contribution in [1.82, 2.24) is 4.90 Å². The fourth-order valence-electron chi connectivity index (χ4n) is 4.00. The number of nitrogen functional groups attached to an aromatic ring is 1. The predicted molar refractivity (Wildman–Crippen MR) is 95.6 cm³/mol. The van der Waals surface area contributed by atoms with Crippen molar-refractivity contribution in [3.63, 3.8) is 0 Å². The van der Waals surface area contributed by atoms with E-state index >= 15 is 0 Å². The molecule has 1 heterocycles. The molecule has 0 atom stereocenters. The van der Waals surface area contributed by atoms with Crippen LogP contribution in [0.4, 0.5) is 11.4 Å². The predicted octanol–water partition coefficient (Wildman–Crippen LogP) is 3.20. The first-order chi connectivity index (χ1) is 11.1. The second-order valence-electron chi connectivity index (χ2n) is 7.12. The van der Waals surface area contributed by atoms with Gasteiger partial charge in [0.2, 0.25) is 5.91 Å². The molecule has 1 aliphatic heterocycles. The molecular formula is C19H29N3O. The molecule has 2 N–H and O–H groups in total. The lowest BCUT2D eigenvalue weighted by Gasteiger charge is -2.37. The van der Waals surface area contributed by atoms with Gasteiger partial charge in [-0.05, 0) is 49.4 Å². The molecule has 4 heteroatoms. The second kappa shape index (κ2) is 7.24. The van der Waals surface area contributed by atoms with Crippen molar-refractivity contribution >= 4 is 17.3 Å². The summed E-state index contributed by atoms with van der Waals surface area (Å²) in [6.07, 6.45) is 7.22. The summed E-state index contributed by atoms with van der Waals surface area (Å²) in [7, 11) is 0. The van der Waals surface area contributed by atoms with Crippen LogP contribution < -0.4 is 10.6 Å². The van der Waals surface area contributed by atoms with Gasteiger partial charge in [0.1, 0.15) is 0 Å². The molecule has 0 radical (unpaired) electrons. The molecule has 0 bridgehead atoms. The first-order valence-corrected chi connectivity index (χ1v) is 9.02. The van der Waals surface area contributed by atoms with E-state index in [4.69, 9.17) is 5.73 Å². The van der Waals surface area contributed by atoms with Crippen LogP contribution >= 0.6 is 0 Å². The summed E-state index contributed by atoms with van der Waals surface area (Å²) in [6.45, 7) is 5.62. The minimum atomic E-state index is 0.366. The van der Waals surface area contributed by atoms with E-state index in [2.05, 4.69) is 22.8 Å². The summed E-state index contributed by atoms with van der Waals surface area (Å²) in [6, 6.07) is 6.09. The molecule has 126 valence electrons. The lowest BCUT2D eigenvalue weighted by molar-refractivity contribution is -0.132. The minimum Gasteiger partial charge on any atom is -0.399 e. The second-order valence-corrected chi connectivity index (χ2v) is 7.12. The Morgan fingerprint density at radius 2 is 1.83 bits per heavy atom. The normalized spacial score (nSPS) is 19.9. The minimum absolute atomic E-state index is 0.366. The highest BCUT2D eigenvalue weighted by molar-refractivity contribution is 5.77. The Kier molecular flexibility index (Phi) is 5.09. The highest BCUT2D eigenvalue weighted by Gasteiger charge is 2.25. The van der Waals surface area contributed by atoms with Crippen LogP contribution in [0.15, 0.2) is 18.2 Å². The van der Waals surface area contributed by atoms with Gasteiger partial charge in [0, 0.05) is 44.0 Å². The number of nitrogens with zero attached hydrogens (tertiary/aromatic N) is 2. The number of benzene rings is 1. The fourth-order valence-corrected chi connectivity index (χ4v) is 4.00. The number of amides is 1. The summed E-state index contributed by atoms with van der Waals surface area (Å²) >= 11 is 0. The standard InChI is InChI=1S/C19H29N3O/c1-15-13-17(20)7-8-18(15)21-9-11-22(12-10-21)19(23)14-16-5-3-2-4-6-16/h7-8,13,16H,2-6,9-12,14,20H2,1H3. The molecule has 1 aliphatic carbocycles. The maximum Gasteiger partial charge on any atom is 0.222 e. The Bertz CT molecular complexity index is 544. The SMILES string of the molecule is Cc1cc(N)ccc1N1CCN(C(=O)CC2CCCCC2)CC1. The number of carbonyl (C=O) groups is 1. The van der Waals surface area contributed by atoms with Crippen LogP contribution in [0.25, 0.3) is 0 Å². The van der Waals surface area contributed by atoms with Crippen molar-refractivity contribution in [2.45, 2.75) is 45.4 Å². The molecule has 0 aromatic heterocycles. The smallest absolute Gasteiger partial charge is 0.222 e. The van der Waals surface area contributed by atoms with Crippen LogP contribution in [-0.4, -0.2) is 37.0 Å². The largest absolute Gasteiger partial charge is 0.399 e. The lowest BCUT2D eigenvalue weighted by Crippen LogP contribution is -2.49. The molecule has 2 fully saturated rings. The number of carbonyl (C=O) groups excluding carboxylic acids is 1. The van der Waals surface area contributed by atoms with Gasteiger partial charge in [-0.25, -0.2) is 0 Å². The molecule has 1 aromatic rings. The van der Waals surface area contributed by atoms with Crippen LogP contribution in [0.1, 0.15) is 44.1 Å². The highest BCUT2D eigenvalue weighted by Crippen LogP contribution is 2.28. The molecule has 1 amide bonds. The van der Waals surface area contributed by atoms with Crippen LogP contribution in [-0.2, 0) is 4.79 Å². The van der Waals surface area contributed by atoms with Crippen molar-refractivity contribution in [2.75, 3.05) is 36.8 Å². The molecule has 0 unspecified atom stereocenters. The third-order valence-corrected chi connectivity index (χ3v) is 5.38. The molecular weight excluding hydrogens is 286 g/mol. The van der Waals surface area contributed by atoms with Crippen LogP contribution in [0, 0.1) is 12.8 Å². The van der Waals surface area contributed by atoms with Crippen LogP contribution in [0.3, 0.4) is 0 Å². The molecule has 23 heavy (non-hydrogen) atoms. The van der Waals surface area contributed by atoms with E-state index < -0.39 is 0 Å². The van der Waals surface area contributed by atoms with Gasteiger partial charge in [-0.15, -0.1) is 0 Å². The first-order valence-electron chi connectivity index (χ1n) is 9.02. The van der Waals surface area contributed by atoms with Crippen molar-refractivity contribution in [3.05, 3.63) is 23.8 Å². The monoisotopic (exact) mass is 315 g/mol. The third kappa shape index (κ3) is 3.98. The molecule has 3 rings (SSSR count). The van der Waals surface area contributed by atoms with E-state index in [1.54, 1.807) is 0 Å². The Morgan fingerprint density at radius 1 is 1.13 bits per heavy atom. The molecule has 1 aromatic carbocycles. The zero-order valence-electron chi connectivity index (χ0n) is 14.3. The summed E-state index contributed by atoms with van der Waals surface area (Å²) in [5.74, 6) is 0.999. The first kappa shape index (κ1) is 16.2. The third-order valence-electron chi connectivity index (χ3n) is 5.38. The average molecular weight is 315 g/mol. The summed E-state index contributed by atoms with van der Waals surface area (Å²) < 4.78 is 0. The van der Waals surface area contributed by atoms with Gasteiger partial charge in [0.05, 0.1) is 0 Å². The summed E-state index contributed by atoms with van der Waals surface area (Å²) in [5, 5.41) is 0. The zero-order chi connectivity index (χ0) is 16.2. The summed E-state index contributed by atoms with van der Waals surface area (Å²) in [4.78, 5) is 17.0. The van der Waals surface area contributed by atoms with Gasteiger partial charge >= 0.3 is 0 Å². The Hall–Kier alpha value is -1.71. The maximum atomic E-state index is 12.5. The Labute approximate surface area is 139 Å². The van der Waals surface area contributed by atoms with Gasteiger partial charge in [0.25, 0.3) is 0 Å². The zero-order valence-corrected chi connectivity index (χ0v) is 14.3. The number of hydrogen-bond acceptors (Lipinski definition) is 3. The van der Waals surface area contributed by atoms with E-state index in [0.717, 1.165) is 38.3 Å². The average Bonchev–Trinajstić information content (AvgIpc) is 2.56. The van der Waals surface area contributed by atoms with E-state index in [-0.39, 0.29) is 0 Å². The van der Waals surface area contributed by atoms with Crippen molar-refractivity contribution < 1.29 is 4.79 Å². The number of rotatable bonds is 3. The summed E-state index contributed by atoms with van der Waals surface area (Å²) in [5.41, 5.74) is 9.11. The van der Waals surface area contributed by atoms with Gasteiger partial charge < -0.3 is 15.5 Å². The van der Waals surface area contributed by atoms with Gasteiger partial charge in [-0.3, -0.25) is 4.79 Å². The van der Waals surface area contributed by atoms with Crippen LogP contribution in [0.2, 0.25) is 0 Å². The number of hydrogen-bond donors (Lipinski definition) is 1. The topological polar surface area (TPSA) is 49.6 Å². The van der Waals surface area contributed by atoms with E-state index in [0.29, 0.717) is 11.8 Å². The number of aryl methyl sites for hydroxylation is 1. The van der Waals surface area contributed by atoms with Gasteiger partial charge in [-0.2, -0.15) is 0 Å². The molecule has 2 aliphatic rings. The highest BCUT2D eigenvalue weighted by atomic mass is 16.2. The number of anilines is 2. The fraction of sp³-hybridized carbons (Fsp3) is 0.632. The van der Waals surface area contributed by atoms with Crippen molar-refractivity contribution in [3.8, 4) is 0 Å². The Balaban J connectivity index is 1.52.